The highest BCUT2D eigenvalue weighted by Gasteiger charge is 2.16. The van der Waals surface area contributed by atoms with Crippen LogP contribution in [-0.2, 0) is 6.54 Å². The molecule has 0 aliphatic carbocycles. The molecule has 0 bridgehead atoms. The zero-order valence-electron chi connectivity index (χ0n) is 15.8. The lowest BCUT2D eigenvalue weighted by molar-refractivity contribution is 0.0997. The third-order valence-corrected chi connectivity index (χ3v) is 6.07. The van der Waals surface area contributed by atoms with Crippen molar-refractivity contribution in [2.24, 2.45) is 4.99 Å². The highest BCUT2D eigenvalue weighted by Crippen LogP contribution is 2.35. The molecule has 1 amide bonds. The van der Waals surface area contributed by atoms with Crippen molar-refractivity contribution in [1.29, 1.82) is 0 Å². The average molecular weight is 403 g/mol. The third-order valence-electron chi connectivity index (χ3n) is 4.10. The number of methoxy groups -OCH3 is 2. The van der Waals surface area contributed by atoms with Gasteiger partial charge in [-0.05, 0) is 43.0 Å². The molecule has 0 atom stereocenters. The summed E-state index contributed by atoms with van der Waals surface area (Å²) in [6, 6.07) is 11.3. The van der Waals surface area contributed by atoms with Gasteiger partial charge in [-0.2, -0.15) is 4.99 Å². The van der Waals surface area contributed by atoms with Crippen LogP contribution in [0.1, 0.15) is 24.2 Å². The predicted molar refractivity (Wildman–Crippen MR) is 111 cm³/mol. The number of aryl methyl sites for hydroxylation is 1. The lowest BCUT2D eigenvalue weighted by atomic mass is 10.2. The first kappa shape index (κ1) is 19.5. The molecule has 0 saturated carbocycles. The van der Waals surface area contributed by atoms with Crippen molar-refractivity contribution in [2.45, 2.75) is 25.3 Å². The minimum atomic E-state index is -0.250. The molecule has 7 heteroatoms. The molecule has 1 aromatic heterocycles. The van der Waals surface area contributed by atoms with Gasteiger partial charge in [0, 0.05) is 17.0 Å². The number of rotatable bonds is 6. The molecule has 0 unspecified atom stereocenters. The van der Waals surface area contributed by atoms with Crippen molar-refractivity contribution in [3.8, 4) is 11.5 Å². The number of fused-ring (bicyclic) bond motifs is 1. The smallest absolute Gasteiger partial charge is 0.279 e. The maximum atomic E-state index is 12.8. The summed E-state index contributed by atoms with van der Waals surface area (Å²) in [6.07, 6.45) is 0. The van der Waals surface area contributed by atoms with Crippen LogP contribution in [0.4, 0.5) is 0 Å². The van der Waals surface area contributed by atoms with E-state index in [1.807, 2.05) is 41.8 Å². The van der Waals surface area contributed by atoms with Crippen LogP contribution < -0.4 is 14.3 Å². The van der Waals surface area contributed by atoms with Crippen LogP contribution in [0.5, 0.6) is 11.5 Å². The summed E-state index contributed by atoms with van der Waals surface area (Å²) < 4.78 is 13.9. The molecule has 2 aromatic carbocycles. The summed E-state index contributed by atoms with van der Waals surface area (Å²) >= 11 is 3.14. The fraction of sp³-hybridized carbons (Fsp3) is 0.300. The summed E-state index contributed by atoms with van der Waals surface area (Å²) in [5.41, 5.74) is 1.48. The van der Waals surface area contributed by atoms with Gasteiger partial charge in [0.1, 0.15) is 21.7 Å². The molecular formula is C20H22N2O3S2. The zero-order valence-corrected chi connectivity index (χ0v) is 17.4. The van der Waals surface area contributed by atoms with E-state index >= 15 is 0 Å². The van der Waals surface area contributed by atoms with E-state index < -0.39 is 0 Å². The number of nitrogens with zero attached hydrogens (tertiary/aromatic N) is 2. The SMILES string of the molecule is CCSc1cccc(C(=O)N=c2sc3c(OC)ccc(OC)c3n2CC)c1. The summed E-state index contributed by atoms with van der Waals surface area (Å²) in [6.45, 7) is 4.78. The van der Waals surface area contributed by atoms with Crippen LogP contribution in [0, 0.1) is 0 Å². The second-order valence-electron chi connectivity index (χ2n) is 5.65. The summed E-state index contributed by atoms with van der Waals surface area (Å²) in [5.74, 6) is 2.19. The van der Waals surface area contributed by atoms with Gasteiger partial charge in [0.25, 0.3) is 5.91 Å². The number of benzene rings is 2. The molecule has 1 heterocycles. The van der Waals surface area contributed by atoms with Gasteiger partial charge >= 0.3 is 0 Å². The number of thioether (sulfide) groups is 1. The Morgan fingerprint density at radius 1 is 1.15 bits per heavy atom. The lowest BCUT2D eigenvalue weighted by Gasteiger charge is -2.08. The highest BCUT2D eigenvalue weighted by atomic mass is 32.2. The van der Waals surface area contributed by atoms with Crippen LogP contribution in [-0.4, -0.2) is 30.4 Å². The normalized spacial score (nSPS) is 11.8. The number of hydrogen-bond acceptors (Lipinski definition) is 5. The van der Waals surface area contributed by atoms with Gasteiger partial charge in [0.2, 0.25) is 0 Å². The second kappa shape index (κ2) is 8.63. The second-order valence-corrected chi connectivity index (χ2v) is 7.97. The number of hydrogen-bond donors (Lipinski definition) is 0. The van der Waals surface area contributed by atoms with E-state index in [-0.39, 0.29) is 5.91 Å². The molecule has 5 nitrogen and oxygen atoms in total. The van der Waals surface area contributed by atoms with Gasteiger partial charge < -0.3 is 14.0 Å². The molecule has 3 rings (SSSR count). The van der Waals surface area contributed by atoms with Crippen LogP contribution in [0.3, 0.4) is 0 Å². The van der Waals surface area contributed by atoms with E-state index in [0.717, 1.165) is 32.4 Å². The van der Waals surface area contributed by atoms with Gasteiger partial charge in [-0.1, -0.05) is 24.3 Å². The van der Waals surface area contributed by atoms with Crippen molar-refractivity contribution < 1.29 is 14.3 Å². The molecule has 0 radical (unpaired) electrons. The summed E-state index contributed by atoms with van der Waals surface area (Å²) in [7, 11) is 3.27. The lowest BCUT2D eigenvalue weighted by Crippen LogP contribution is -2.16. The van der Waals surface area contributed by atoms with Crippen molar-refractivity contribution in [2.75, 3.05) is 20.0 Å². The van der Waals surface area contributed by atoms with E-state index in [2.05, 4.69) is 11.9 Å². The molecule has 0 fully saturated rings. The fourth-order valence-corrected chi connectivity index (χ4v) is 4.79. The Balaban J connectivity index is 2.15. The predicted octanol–water partition coefficient (Wildman–Crippen LogP) is 4.59. The molecule has 0 N–H and O–H groups in total. The monoisotopic (exact) mass is 402 g/mol. The van der Waals surface area contributed by atoms with E-state index in [1.165, 1.54) is 11.3 Å². The Morgan fingerprint density at radius 3 is 2.56 bits per heavy atom. The van der Waals surface area contributed by atoms with Gasteiger partial charge in [-0.15, -0.1) is 11.8 Å². The standard InChI is InChI=1S/C20H22N2O3S2/c1-5-22-17-15(24-3)10-11-16(25-4)18(17)27-20(22)21-19(23)13-8-7-9-14(12-13)26-6-2/h7-12H,5-6H2,1-4H3. The molecule has 0 spiro atoms. The van der Waals surface area contributed by atoms with Gasteiger partial charge in [0.05, 0.1) is 14.2 Å². The molecule has 142 valence electrons. The Bertz CT molecular complexity index is 1040. The van der Waals surface area contributed by atoms with Crippen LogP contribution in [0.15, 0.2) is 46.3 Å². The summed E-state index contributed by atoms with van der Waals surface area (Å²) in [4.78, 5) is 18.9. The first-order valence-corrected chi connectivity index (χ1v) is 10.5. The van der Waals surface area contributed by atoms with Crippen molar-refractivity contribution in [3.05, 3.63) is 46.8 Å². The first-order chi connectivity index (χ1) is 13.1. The third kappa shape index (κ3) is 3.89. The van der Waals surface area contributed by atoms with Crippen LogP contribution >= 0.6 is 23.1 Å². The van der Waals surface area contributed by atoms with E-state index in [0.29, 0.717) is 16.9 Å². The molecule has 0 saturated heterocycles. The van der Waals surface area contributed by atoms with E-state index in [9.17, 15) is 4.79 Å². The first-order valence-electron chi connectivity index (χ1n) is 8.69. The minimum absolute atomic E-state index is 0.250. The number of amides is 1. The molecular weight excluding hydrogens is 380 g/mol. The number of aromatic nitrogens is 1. The van der Waals surface area contributed by atoms with Crippen LogP contribution in [0.25, 0.3) is 10.2 Å². The number of ether oxygens (including phenoxy) is 2. The Kier molecular flexibility index (Phi) is 6.23. The van der Waals surface area contributed by atoms with Gasteiger partial charge in [-0.3, -0.25) is 4.79 Å². The molecule has 3 aromatic rings. The topological polar surface area (TPSA) is 52.8 Å². The van der Waals surface area contributed by atoms with Gasteiger partial charge in [-0.25, -0.2) is 0 Å². The number of thiazole rings is 1. The molecule has 0 aliphatic heterocycles. The Hall–Kier alpha value is -2.25. The quantitative estimate of drug-likeness (QED) is 0.566. The van der Waals surface area contributed by atoms with Crippen molar-refractivity contribution in [1.82, 2.24) is 4.57 Å². The van der Waals surface area contributed by atoms with E-state index in [4.69, 9.17) is 9.47 Å². The maximum absolute atomic E-state index is 12.8. The minimum Gasteiger partial charge on any atom is -0.495 e. The Labute approximate surface area is 166 Å². The number of carbonyl (C=O) groups is 1. The van der Waals surface area contributed by atoms with E-state index in [1.54, 1.807) is 32.0 Å². The highest BCUT2D eigenvalue weighted by molar-refractivity contribution is 7.99. The van der Waals surface area contributed by atoms with Gasteiger partial charge in [0.15, 0.2) is 4.80 Å². The summed E-state index contributed by atoms with van der Waals surface area (Å²) in [5, 5.41) is 0. The largest absolute Gasteiger partial charge is 0.495 e. The van der Waals surface area contributed by atoms with Crippen molar-refractivity contribution >= 4 is 39.2 Å². The number of carbonyl (C=O) groups excluding carboxylic acids is 1. The maximum Gasteiger partial charge on any atom is 0.279 e. The zero-order chi connectivity index (χ0) is 19.4. The van der Waals surface area contributed by atoms with Crippen LogP contribution in [0.2, 0.25) is 0 Å². The molecule has 27 heavy (non-hydrogen) atoms. The molecule has 0 aliphatic rings. The average Bonchev–Trinajstić information content (AvgIpc) is 3.05. The Morgan fingerprint density at radius 2 is 1.89 bits per heavy atom. The van der Waals surface area contributed by atoms with Crippen molar-refractivity contribution in [3.63, 3.8) is 0 Å². The fourth-order valence-electron chi connectivity index (χ4n) is 2.87.